The first-order valence-corrected chi connectivity index (χ1v) is 18.9. The largest absolute Gasteiger partial charge is 0.407 e. The van der Waals surface area contributed by atoms with Crippen molar-refractivity contribution in [2.24, 2.45) is 5.41 Å². The molecule has 0 aliphatic rings. The van der Waals surface area contributed by atoms with Crippen molar-refractivity contribution in [1.29, 1.82) is 0 Å². The van der Waals surface area contributed by atoms with Gasteiger partial charge >= 0.3 is 6.18 Å². The Morgan fingerprint density at radius 3 is 2.00 bits per heavy atom. The van der Waals surface area contributed by atoms with Gasteiger partial charge < -0.3 is 13.7 Å². The third kappa shape index (κ3) is 7.34. The van der Waals surface area contributed by atoms with Gasteiger partial charge in [-0.25, -0.2) is 0 Å². The van der Waals surface area contributed by atoms with Crippen LogP contribution in [0.3, 0.4) is 0 Å². The molecule has 0 spiro atoms. The summed E-state index contributed by atoms with van der Waals surface area (Å²) >= 11 is 3.59. The average Bonchev–Trinajstić information content (AvgIpc) is 3.30. The maximum Gasteiger partial charge on any atom is 0.406 e. The second-order valence-electron chi connectivity index (χ2n) is 14.3. The molecule has 3 aromatic carbocycles. The summed E-state index contributed by atoms with van der Waals surface area (Å²) in [5, 5.41) is 2.91. The van der Waals surface area contributed by atoms with Crippen molar-refractivity contribution in [1.82, 2.24) is 9.55 Å². The molecule has 0 aliphatic heterocycles. The molecule has 2 aromatic heterocycles. The molecule has 254 valence electrons. The van der Waals surface area contributed by atoms with E-state index in [4.69, 9.17) is 9.16 Å². The Balaban J connectivity index is 1.68. The lowest BCUT2D eigenvalue weighted by Gasteiger charge is -2.44. The summed E-state index contributed by atoms with van der Waals surface area (Å²) in [6.07, 6.45) is -2.75. The molecule has 2 heterocycles. The van der Waals surface area contributed by atoms with Crippen molar-refractivity contribution in [3.05, 3.63) is 113 Å². The average molecular weight is 738 g/mol. The Kier molecular flexibility index (Phi) is 10.5. The van der Waals surface area contributed by atoms with Gasteiger partial charge in [0, 0.05) is 40.9 Å². The Morgan fingerprint density at radius 2 is 1.46 bits per heavy atom. The number of rotatable bonds is 11. The summed E-state index contributed by atoms with van der Waals surface area (Å²) in [5.41, 5.74) is 2.59. The lowest BCUT2D eigenvalue weighted by Crippen LogP contribution is -2.67. The summed E-state index contributed by atoms with van der Waals surface area (Å²) < 4.78 is 58.2. The van der Waals surface area contributed by atoms with Crippen LogP contribution in [0.4, 0.5) is 13.2 Å². The molecule has 0 N–H and O–H groups in total. The number of benzene rings is 3. The highest BCUT2D eigenvalue weighted by Crippen LogP contribution is 2.43. The highest BCUT2D eigenvalue weighted by atomic mass is 79.9. The number of halogens is 4. The van der Waals surface area contributed by atoms with Crippen LogP contribution in [0.15, 0.2) is 102 Å². The van der Waals surface area contributed by atoms with E-state index in [0.29, 0.717) is 35.5 Å². The topological polar surface area (TPSA) is 36.3 Å². The summed E-state index contributed by atoms with van der Waals surface area (Å²) in [6.45, 7) is 12.1. The monoisotopic (exact) mass is 736 g/mol. The van der Waals surface area contributed by atoms with Gasteiger partial charge in [-0.2, -0.15) is 13.2 Å². The van der Waals surface area contributed by atoms with Gasteiger partial charge in [0.1, 0.15) is 6.54 Å². The quantitative estimate of drug-likeness (QED) is 0.127. The summed E-state index contributed by atoms with van der Waals surface area (Å²) in [5.74, 6) is 0. The van der Waals surface area contributed by atoms with Crippen LogP contribution < -0.4 is 10.4 Å². The van der Waals surface area contributed by atoms with Crippen molar-refractivity contribution < 1.29 is 22.3 Å². The molecule has 0 saturated heterocycles. The van der Waals surface area contributed by atoms with Gasteiger partial charge in [0.05, 0.1) is 17.5 Å². The van der Waals surface area contributed by atoms with Crippen LogP contribution in [0.25, 0.3) is 22.2 Å². The highest BCUT2D eigenvalue weighted by molar-refractivity contribution is 9.10. The lowest BCUT2D eigenvalue weighted by molar-refractivity contribution is -0.139. The van der Waals surface area contributed by atoms with Crippen LogP contribution in [0.5, 0.6) is 0 Å². The first-order valence-electron chi connectivity index (χ1n) is 16.2. The van der Waals surface area contributed by atoms with Crippen LogP contribution >= 0.6 is 15.9 Å². The zero-order valence-electron chi connectivity index (χ0n) is 28.7. The molecule has 0 saturated carbocycles. The number of pyridine rings is 1. The Labute approximate surface area is 291 Å². The third-order valence-electron chi connectivity index (χ3n) is 9.05. The van der Waals surface area contributed by atoms with E-state index in [1.54, 1.807) is 31.5 Å². The highest BCUT2D eigenvalue weighted by Gasteiger charge is 2.51. The molecule has 4 nitrogen and oxygen atoms in total. The van der Waals surface area contributed by atoms with E-state index in [1.807, 2.05) is 31.2 Å². The second-order valence-corrected chi connectivity index (χ2v) is 19.5. The molecule has 0 amide bonds. The van der Waals surface area contributed by atoms with Crippen molar-refractivity contribution in [2.75, 3.05) is 13.7 Å². The summed E-state index contributed by atoms with van der Waals surface area (Å²) in [6, 6.07) is 30.1. The van der Waals surface area contributed by atoms with E-state index in [2.05, 4.69) is 104 Å². The molecule has 0 fully saturated rings. The van der Waals surface area contributed by atoms with E-state index in [-0.39, 0.29) is 5.04 Å². The van der Waals surface area contributed by atoms with E-state index in [1.165, 1.54) is 14.9 Å². The summed E-state index contributed by atoms with van der Waals surface area (Å²) in [7, 11) is -1.28. The maximum absolute atomic E-state index is 14.3. The number of hydrogen-bond donors (Lipinski definition) is 0. The van der Waals surface area contributed by atoms with Crippen LogP contribution in [0, 0.1) is 5.41 Å². The maximum atomic E-state index is 14.3. The SMILES string of the molecule is CO[C@@H](C)c1ncccc1-c1c(CC(C)(C)CO[Si](c2ccccc2)(c2ccccc2)C(C)(C)C)c2cc(Br)ccc2n1CC(F)(F)F. The van der Waals surface area contributed by atoms with Crippen LogP contribution in [-0.2, 0) is 22.1 Å². The smallest absolute Gasteiger partial charge is 0.406 e. The number of fused-ring (bicyclic) bond motifs is 1. The molecular formula is C39H44BrF3N2O2Si. The van der Waals surface area contributed by atoms with Crippen LogP contribution in [-0.4, -0.2) is 37.8 Å². The number of hydrogen-bond acceptors (Lipinski definition) is 3. The zero-order chi connectivity index (χ0) is 34.9. The molecule has 1 atom stereocenters. The van der Waals surface area contributed by atoms with Gasteiger partial charge in [0.25, 0.3) is 8.32 Å². The van der Waals surface area contributed by atoms with Gasteiger partial charge in [-0.1, -0.05) is 111 Å². The minimum atomic E-state index is -4.44. The molecular weight excluding hydrogens is 693 g/mol. The molecule has 48 heavy (non-hydrogen) atoms. The van der Waals surface area contributed by atoms with Gasteiger partial charge in [0.2, 0.25) is 0 Å². The van der Waals surface area contributed by atoms with Crippen LogP contribution in [0.1, 0.15) is 58.9 Å². The first kappa shape index (κ1) is 36.0. The molecule has 5 aromatic rings. The Hall–Kier alpha value is -3.24. The van der Waals surface area contributed by atoms with Crippen molar-refractivity contribution in [3.8, 4) is 11.3 Å². The zero-order valence-corrected chi connectivity index (χ0v) is 31.2. The lowest BCUT2D eigenvalue weighted by atomic mass is 9.84. The van der Waals surface area contributed by atoms with Crippen molar-refractivity contribution in [3.63, 3.8) is 0 Å². The van der Waals surface area contributed by atoms with Crippen LogP contribution in [0.2, 0.25) is 5.04 Å². The molecule has 0 aliphatic carbocycles. The van der Waals surface area contributed by atoms with E-state index < -0.39 is 32.6 Å². The van der Waals surface area contributed by atoms with Crippen molar-refractivity contribution >= 4 is 45.5 Å². The Bertz CT molecular complexity index is 1810. The molecule has 0 radical (unpaired) electrons. The third-order valence-corrected chi connectivity index (χ3v) is 14.5. The minimum Gasteiger partial charge on any atom is -0.407 e. The van der Waals surface area contributed by atoms with E-state index >= 15 is 0 Å². The fourth-order valence-electron chi connectivity index (χ4n) is 6.87. The Morgan fingerprint density at radius 1 is 0.854 bits per heavy atom. The van der Waals surface area contributed by atoms with Gasteiger partial charge in [0.15, 0.2) is 0 Å². The molecule has 0 unspecified atom stereocenters. The van der Waals surface area contributed by atoms with E-state index in [0.717, 1.165) is 15.4 Å². The number of aromatic nitrogens is 2. The predicted molar refractivity (Wildman–Crippen MR) is 195 cm³/mol. The molecule has 5 rings (SSSR count). The molecule has 9 heteroatoms. The fraction of sp³-hybridized carbons (Fsp3) is 0.359. The first-order chi connectivity index (χ1) is 22.6. The van der Waals surface area contributed by atoms with Crippen molar-refractivity contribution in [2.45, 2.75) is 71.8 Å². The number of ether oxygens (including phenoxy) is 1. The number of alkyl halides is 3. The van der Waals surface area contributed by atoms with Gasteiger partial charge in [-0.15, -0.1) is 0 Å². The number of nitrogens with zero attached hydrogens (tertiary/aromatic N) is 2. The standard InChI is InChI=1S/C39H44BrF3N2O2Si/c1-27(46-7)35-31(19-14-22-44-35)36-33(32-23-28(40)20-21-34(32)45(36)25-39(41,42)43)24-38(5,6)26-47-48(37(2,3)4,29-15-10-8-11-16-29)30-17-12-9-13-18-30/h8-23,27H,24-26H2,1-7H3/t27-/m0/s1. The van der Waals surface area contributed by atoms with Gasteiger partial charge in [-0.3, -0.25) is 4.98 Å². The predicted octanol–water partition coefficient (Wildman–Crippen LogP) is 9.88. The normalized spacial score (nSPS) is 13.6. The minimum absolute atomic E-state index is 0.217. The van der Waals surface area contributed by atoms with Gasteiger partial charge in [-0.05, 0) is 70.1 Å². The number of methoxy groups -OCH3 is 1. The second kappa shape index (κ2) is 13.9. The van der Waals surface area contributed by atoms with E-state index in [9.17, 15) is 13.2 Å². The fourth-order valence-corrected chi connectivity index (χ4v) is 12.0. The summed E-state index contributed by atoms with van der Waals surface area (Å²) in [4.78, 5) is 4.60. The molecule has 0 bridgehead atoms.